The van der Waals surface area contributed by atoms with E-state index in [-0.39, 0.29) is 37.9 Å². The Labute approximate surface area is 81.3 Å². The summed E-state index contributed by atoms with van der Waals surface area (Å²) in [5.41, 5.74) is 0. The van der Waals surface area contributed by atoms with Crippen LogP contribution >= 0.6 is 0 Å². The Hall–Kier alpha value is -1.14. The lowest BCUT2D eigenvalue weighted by atomic mass is 10.1. The van der Waals surface area contributed by atoms with Crippen molar-refractivity contribution in [3.05, 3.63) is 0 Å². The molecule has 2 amide bonds. The van der Waals surface area contributed by atoms with Gasteiger partial charge >= 0.3 is 0 Å². The molecule has 0 aromatic heterocycles. The molecule has 0 aromatic rings. The number of hydrogen-bond donors (Lipinski definition) is 4. The van der Waals surface area contributed by atoms with Crippen molar-refractivity contribution >= 4 is 11.8 Å². The molecule has 0 spiro atoms. The van der Waals surface area contributed by atoms with Gasteiger partial charge in [0.25, 0.3) is 0 Å². The summed E-state index contributed by atoms with van der Waals surface area (Å²) in [5, 5.41) is 22.2. The normalized spacial score (nSPS) is 27.0. The molecule has 1 saturated heterocycles. The second-order valence-corrected chi connectivity index (χ2v) is 3.15. The lowest BCUT2D eigenvalue weighted by molar-refractivity contribution is -0.137. The van der Waals surface area contributed by atoms with E-state index in [1.807, 2.05) is 0 Å². The minimum atomic E-state index is -0.651. The molecule has 1 rings (SSSR count). The van der Waals surface area contributed by atoms with Gasteiger partial charge in [0, 0.05) is 13.2 Å². The Morgan fingerprint density at radius 3 is 1.57 bits per heavy atom. The fourth-order valence-electron chi connectivity index (χ4n) is 1.34. The third kappa shape index (κ3) is 2.43. The molecule has 0 unspecified atom stereocenters. The van der Waals surface area contributed by atoms with Crippen molar-refractivity contribution in [1.82, 2.24) is 10.6 Å². The van der Waals surface area contributed by atoms with Crippen LogP contribution < -0.4 is 10.6 Å². The predicted molar refractivity (Wildman–Crippen MR) is 47.3 cm³/mol. The number of rotatable bonds is 4. The Kier molecular flexibility index (Phi) is 3.84. The molecule has 0 radical (unpaired) electrons. The molecular formula is C8H14N2O4. The number of aliphatic hydroxyl groups excluding tert-OH is 2. The molecule has 0 aliphatic carbocycles. The van der Waals surface area contributed by atoms with Gasteiger partial charge in [-0.15, -0.1) is 0 Å². The number of piperazine rings is 1. The highest BCUT2D eigenvalue weighted by Crippen LogP contribution is 2.03. The summed E-state index contributed by atoms with van der Waals surface area (Å²) < 4.78 is 0. The topological polar surface area (TPSA) is 98.7 Å². The summed E-state index contributed by atoms with van der Waals surface area (Å²) in [6, 6.07) is -1.30. The third-order valence-corrected chi connectivity index (χ3v) is 2.10. The quantitative estimate of drug-likeness (QED) is 0.413. The fraction of sp³-hybridized carbons (Fsp3) is 0.750. The minimum absolute atomic E-state index is 0.150. The van der Waals surface area contributed by atoms with Crippen LogP contribution in [-0.4, -0.2) is 47.3 Å². The maximum Gasteiger partial charge on any atom is 0.243 e. The standard InChI is InChI=1S/C8H14N2O4/c11-3-1-5-7(13)10-6(2-4-12)8(14)9-5/h5-6,11-12H,1-4H2,(H,9,14)(H,10,13)/t5-,6-/m0/s1. The van der Waals surface area contributed by atoms with Gasteiger partial charge in [-0.2, -0.15) is 0 Å². The van der Waals surface area contributed by atoms with Crippen LogP contribution in [0.4, 0.5) is 0 Å². The molecule has 1 aliphatic rings. The van der Waals surface area contributed by atoms with Crippen LogP contribution in [0.5, 0.6) is 0 Å². The van der Waals surface area contributed by atoms with E-state index >= 15 is 0 Å². The van der Waals surface area contributed by atoms with Gasteiger partial charge in [-0.3, -0.25) is 9.59 Å². The third-order valence-electron chi connectivity index (χ3n) is 2.10. The molecule has 0 bridgehead atoms. The molecule has 1 heterocycles. The summed E-state index contributed by atoms with van der Waals surface area (Å²) >= 11 is 0. The predicted octanol–water partition coefficient (Wildman–Crippen LogP) is -2.27. The van der Waals surface area contributed by atoms with Crippen molar-refractivity contribution in [3.63, 3.8) is 0 Å². The average molecular weight is 202 g/mol. The van der Waals surface area contributed by atoms with Gasteiger partial charge in [0.05, 0.1) is 0 Å². The summed E-state index contributed by atoms with van der Waals surface area (Å²) in [6.07, 6.45) is 0.423. The Morgan fingerprint density at radius 2 is 1.29 bits per heavy atom. The number of aliphatic hydroxyl groups is 2. The molecule has 80 valence electrons. The van der Waals surface area contributed by atoms with Crippen molar-refractivity contribution < 1.29 is 19.8 Å². The van der Waals surface area contributed by atoms with Crippen molar-refractivity contribution in [1.29, 1.82) is 0 Å². The smallest absolute Gasteiger partial charge is 0.243 e. The fourth-order valence-corrected chi connectivity index (χ4v) is 1.34. The molecule has 6 nitrogen and oxygen atoms in total. The molecule has 1 aliphatic heterocycles. The van der Waals surface area contributed by atoms with Crippen LogP contribution in [0.1, 0.15) is 12.8 Å². The molecular weight excluding hydrogens is 188 g/mol. The second-order valence-electron chi connectivity index (χ2n) is 3.15. The van der Waals surface area contributed by atoms with Crippen LogP contribution in [0.3, 0.4) is 0 Å². The monoisotopic (exact) mass is 202 g/mol. The number of carbonyl (C=O) groups excluding carboxylic acids is 2. The molecule has 14 heavy (non-hydrogen) atoms. The molecule has 1 fully saturated rings. The highest BCUT2D eigenvalue weighted by Gasteiger charge is 2.32. The maximum absolute atomic E-state index is 11.3. The van der Waals surface area contributed by atoms with Gasteiger partial charge in [-0.05, 0) is 12.8 Å². The average Bonchev–Trinajstić information content (AvgIpc) is 2.14. The highest BCUT2D eigenvalue weighted by molar-refractivity contribution is 5.96. The molecule has 0 aromatic carbocycles. The van der Waals surface area contributed by atoms with Crippen molar-refractivity contribution in [2.45, 2.75) is 24.9 Å². The van der Waals surface area contributed by atoms with Crippen LogP contribution in [0.15, 0.2) is 0 Å². The summed E-state index contributed by atoms with van der Waals surface area (Å²) in [6.45, 7) is -0.300. The lowest BCUT2D eigenvalue weighted by Gasteiger charge is -2.28. The van der Waals surface area contributed by atoms with E-state index in [1.54, 1.807) is 0 Å². The van der Waals surface area contributed by atoms with E-state index in [0.29, 0.717) is 0 Å². The van der Waals surface area contributed by atoms with E-state index in [1.165, 1.54) is 0 Å². The second kappa shape index (κ2) is 4.92. The zero-order valence-electron chi connectivity index (χ0n) is 7.69. The zero-order valence-corrected chi connectivity index (χ0v) is 7.69. The zero-order chi connectivity index (χ0) is 10.6. The number of amides is 2. The van der Waals surface area contributed by atoms with E-state index in [4.69, 9.17) is 10.2 Å². The lowest BCUT2D eigenvalue weighted by Crippen LogP contribution is -2.61. The van der Waals surface area contributed by atoms with Crippen LogP contribution in [-0.2, 0) is 9.59 Å². The first kappa shape index (κ1) is 10.9. The van der Waals surface area contributed by atoms with Gasteiger partial charge in [0.2, 0.25) is 11.8 Å². The SMILES string of the molecule is O=C1N[C@@H](CCO)C(=O)N[C@H]1CCO. The van der Waals surface area contributed by atoms with Crippen molar-refractivity contribution in [2.24, 2.45) is 0 Å². The largest absolute Gasteiger partial charge is 0.396 e. The molecule has 0 saturated carbocycles. The molecule has 6 heteroatoms. The van der Waals surface area contributed by atoms with Crippen molar-refractivity contribution in [2.75, 3.05) is 13.2 Å². The minimum Gasteiger partial charge on any atom is -0.396 e. The van der Waals surface area contributed by atoms with E-state index in [0.717, 1.165) is 0 Å². The Bertz CT molecular complexity index is 207. The van der Waals surface area contributed by atoms with Gasteiger partial charge in [-0.25, -0.2) is 0 Å². The molecule has 2 atom stereocenters. The summed E-state index contributed by atoms with van der Waals surface area (Å²) in [4.78, 5) is 22.6. The number of hydrogen-bond acceptors (Lipinski definition) is 4. The van der Waals surface area contributed by atoms with Gasteiger partial charge in [0.15, 0.2) is 0 Å². The highest BCUT2D eigenvalue weighted by atomic mass is 16.3. The molecule has 4 N–H and O–H groups in total. The number of nitrogens with one attached hydrogen (secondary N) is 2. The van der Waals surface area contributed by atoms with Gasteiger partial charge < -0.3 is 20.8 Å². The van der Waals surface area contributed by atoms with Gasteiger partial charge in [-0.1, -0.05) is 0 Å². The summed E-state index contributed by atoms with van der Waals surface area (Å²) in [7, 11) is 0. The van der Waals surface area contributed by atoms with E-state index < -0.39 is 12.1 Å². The first-order valence-electron chi connectivity index (χ1n) is 4.51. The maximum atomic E-state index is 11.3. The van der Waals surface area contributed by atoms with Crippen LogP contribution in [0.25, 0.3) is 0 Å². The van der Waals surface area contributed by atoms with Crippen LogP contribution in [0.2, 0.25) is 0 Å². The van der Waals surface area contributed by atoms with Crippen molar-refractivity contribution in [3.8, 4) is 0 Å². The Morgan fingerprint density at radius 1 is 0.929 bits per heavy atom. The summed E-state index contributed by atoms with van der Waals surface area (Å²) in [5.74, 6) is -0.616. The van der Waals surface area contributed by atoms with Crippen LogP contribution in [0, 0.1) is 0 Å². The van der Waals surface area contributed by atoms with Gasteiger partial charge in [0.1, 0.15) is 12.1 Å². The first-order chi connectivity index (χ1) is 6.69. The number of carbonyl (C=O) groups is 2. The van der Waals surface area contributed by atoms with E-state index in [9.17, 15) is 9.59 Å². The van der Waals surface area contributed by atoms with E-state index in [2.05, 4.69) is 10.6 Å². The first-order valence-corrected chi connectivity index (χ1v) is 4.51. The Balaban J connectivity index is 2.53.